The molecular weight excluding hydrogens is 324 g/mol. The second-order valence-corrected chi connectivity index (χ2v) is 7.96. The van der Waals surface area contributed by atoms with Crippen molar-refractivity contribution in [3.63, 3.8) is 0 Å². The summed E-state index contributed by atoms with van der Waals surface area (Å²) < 4.78 is 1.90. The van der Waals surface area contributed by atoms with Crippen molar-refractivity contribution in [2.75, 3.05) is 23.3 Å². The second kappa shape index (κ2) is 6.59. The summed E-state index contributed by atoms with van der Waals surface area (Å²) in [5.41, 5.74) is 3.29. The van der Waals surface area contributed by atoms with Gasteiger partial charge in [-0.3, -0.25) is 0 Å². The summed E-state index contributed by atoms with van der Waals surface area (Å²) in [6, 6.07) is 6.36. The van der Waals surface area contributed by atoms with Gasteiger partial charge in [-0.05, 0) is 36.6 Å². The Morgan fingerprint density at radius 2 is 1.88 bits per heavy atom. The number of fused-ring (bicyclic) bond motifs is 1. The van der Waals surface area contributed by atoms with Gasteiger partial charge in [-0.2, -0.15) is 5.10 Å². The van der Waals surface area contributed by atoms with Crippen LogP contribution in [-0.2, 0) is 12.0 Å². The summed E-state index contributed by atoms with van der Waals surface area (Å²) in [4.78, 5) is 11.4. The van der Waals surface area contributed by atoms with E-state index in [0.717, 1.165) is 35.9 Å². The first-order valence-corrected chi connectivity index (χ1v) is 9.29. The van der Waals surface area contributed by atoms with Gasteiger partial charge in [0.05, 0.1) is 5.69 Å². The zero-order chi connectivity index (χ0) is 18.1. The molecule has 3 aromatic heterocycles. The summed E-state index contributed by atoms with van der Waals surface area (Å²) in [7, 11) is 0. The van der Waals surface area contributed by atoms with E-state index in [9.17, 15) is 0 Å². The molecule has 1 aliphatic heterocycles. The van der Waals surface area contributed by atoms with Crippen molar-refractivity contribution >= 4 is 17.2 Å². The summed E-state index contributed by atoms with van der Waals surface area (Å²) in [6.07, 6.45) is 8.10. The highest BCUT2D eigenvalue weighted by molar-refractivity contribution is 5.68. The Morgan fingerprint density at radius 3 is 2.65 bits per heavy atom. The fraction of sp³-hybridized carbons (Fsp3) is 0.450. The van der Waals surface area contributed by atoms with Crippen LogP contribution in [-0.4, -0.2) is 32.7 Å². The molecule has 0 unspecified atom stereocenters. The Balaban J connectivity index is 1.54. The van der Waals surface area contributed by atoms with Crippen LogP contribution < -0.4 is 10.2 Å². The molecule has 3 aromatic rings. The topological polar surface area (TPSA) is 58.4 Å². The molecule has 1 fully saturated rings. The lowest BCUT2D eigenvalue weighted by molar-refractivity contribution is 0.562. The quantitative estimate of drug-likeness (QED) is 0.778. The highest BCUT2D eigenvalue weighted by atomic mass is 15.2. The summed E-state index contributed by atoms with van der Waals surface area (Å²) >= 11 is 0. The Morgan fingerprint density at radius 1 is 1.08 bits per heavy atom. The van der Waals surface area contributed by atoms with Gasteiger partial charge in [0.2, 0.25) is 0 Å². The zero-order valence-corrected chi connectivity index (χ0v) is 15.7. The fourth-order valence-corrected chi connectivity index (χ4v) is 3.30. The first kappa shape index (κ1) is 16.8. The van der Waals surface area contributed by atoms with Gasteiger partial charge in [0.1, 0.15) is 11.3 Å². The number of aromatic nitrogens is 4. The Labute approximate surface area is 154 Å². The minimum Gasteiger partial charge on any atom is -0.364 e. The van der Waals surface area contributed by atoms with Gasteiger partial charge in [-0.25, -0.2) is 14.5 Å². The van der Waals surface area contributed by atoms with Crippen molar-refractivity contribution in [1.29, 1.82) is 0 Å². The number of rotatable bonds is 4. The molecule has 0 amide bonds. The standard InChI is InChI=1S/C20H26N6/c1-20(2,3)17-13-16-19(22-8-11-26(16)24-17)23-14-15-6-7-21-18(12-15)25-9-4-5-10-25/h6-8,11-13H,4-5,9-10,14H2,1-3H3,(H,22,23). The van der Waals surface area contributed by atoms with Gasteiger partial charge >= 0.3 is 0 Å². The molecule has 0 atom stereocenters. The summed E-state index contributed by atoms with van der Waals surface area (Å²) in [5, 5.41) is 8.15. The first-order chi connectivity index (χ1) is 12.5. The number of hydrogen-bond donors (Lipinski definition) is 1. The molecule has 0 bridgehead atoms. The van der Waals surface area contributed by atoms with E-state index in [1.54, 1.807) is 6.20 Å². The summed E-state index contributed by atoms with van der Waals surface area (Å²) in [5.74, 6) is 1.93. The number of hydrogen-bond acceptors (Lipinski definition) is 5. The third-order valence-corrected chi connectivity index (χ3v) is 4.86. The van der Waals surface area contributed by atoms with Crippen molar-refractivity contribution < 1.29 is 0 Å². The average molecular weight is 350 g/mol. The van der Waals surface area contributed by atoms with Crippen molar-refractivity contribution in [1.82, 2.24) is 19.6 Å². The minimum atomic E-state index is 0.0129. The first-order valence-electron chi connectivity index (χ1n) is 9.29. The molecule has 0 saturated carbocycles. The van der Waals surface area contributed by atoms with Gasteiger partial charge in [0, 0.05) is 43.6 Å². The molecule has 6 heteroatoms. The van der Waals surface area contributed by atoms with E-state index in [-0.39, 0.29) is 5.41 Å². The third kappa shape index (κ3) is 3.36. The van der Waals surface area contributed by atoms with Crippen LogP contribution >= 0.6 is 0 Å². The number of nitrogens with zero attached hydrogens (tertiary/aromatic N) is 5. The molecule has 136 valence electrons. The van der Waals surface area contributed by atoms with E-state index >= 15 is 0 Å². The Bertz CT molecular complexity index is 902. The zero-order valence-electron chi connectivity index (χ0n) is 15.7. The molecular formula is C20H26N6. The maximum atomic E-state index is 4.69. The van der Waals surface area contributed by atoms with Crippen LogP contribution in [0.25, 0.3) is 5.52 Å². The lowest BCUT2D eigenvalue weighted by Crippen LogP contribution is -2.19. The van der Waals surface area contributed by atoms with Crippen LogP contribution in [0.1, 0.15) is 44.9 Å². The molecule has 1 saturated heterocycles. The Kier molecular flexibility index (Phi) is 4.26. The SMILES string of the molecule is CC(C)(C)c1cc2c(NCc3ccnc(N4CCCC4)c3)nccn2n1. The third-order valence-electron chi connectivity index (χ3n) is 4.86. The van der Waals surface area contributed by atoms with Crippen LogP contribution in [0.15, 0.2) is 36.8 Å². The molecule has 0 aliphatic carbocycles. The normalized spacial score (nSPS) is 15.0. The molecule has 0 spiro atoms. The van der Waals surface area contributed by atoms with Crippen molar-refractivity contribution in [2.24, 2.45) is 0 Å². The van der Waals surface area contributed by atoms with E-state index in [4.69, 9.17) is 0 Å². The molecule has 0 radical (unpaired) electrons. The maximum absolute atomic E-state index is 4.69. The van der Waals surface area contributed by atoms with Gasteiger partial charge in [0.25, 0.3) is 0 Å². The second-order valence-electron chi connectivity index (χ2n) is 7.96. The van der Waals surface area contributed by atoms with Crippen LogP contribution in [0.2, 0.25) is 0 Å². The van der Waals surface area contributed by atoms with E-state index in [2.05, 4.69) is 64.3 Å². The van der Waals surface area contributed by atoms with Crippen molar-refractivity contribution in [3.05, 3.63) is 48.0 Å². The fourth-order valence-electron chi connectivity index (χ4n) is 3.30. The highest BCUT2D eigenvalue weighted by Crippen LogP contribution is 2.25. The van der Waals surface area contributed by atoms with Gasteiger partial charge in [0.15, 0.2) is 5.82 Å². The molecule has 4 rings (SSSR count). The van der Waals surface area contributed by atoms with Crippen LogP contribution in [0, 0.1) is 0 Å². The molecule has 26 heavy (non-hydrogen) atoms. The van der Waals surface area contributed by atoms with Gasteiger partial charge in [-0.15, -0.1) is 0 Å². The molecule has 4 heterocycles. The molecule has 0 aromatic carbocycles. The number of anilines is 2. The lowest BCUT2D eigenvalue weighted by atomic mass is 9.92. The maximum Gasteiger partial charge on any atom is 0.152 e. The number of nitrogens with one attached hydrogen (secondary N) is 1. The molecule has 1 N–H and O–H groups in total. The van der Waals surface area contributed by atoms with E-state index in [0.29, 0.717) is 6.54 Å². The van der Waals surface area contributed by atoms with Crippen LogP contribution in [0.4, 0.5) is 11.6 Å². The van der Waals surface area contributed by atoms with Crippen LogP contribution in [0.3, 0.4) is 0 Å². The molecule has 1 aliphatic rings. The highest BCUT2D eigenvalue weighted by Gasteiger charge is 2.19. The lowest BCUT2D eigenvalue weighted by Gasteiger charge is -2.17. The van der Waals surface area contributed by atoms with Crippen LogP contribution in [0.5, 0.6) is 0 Å². The van der Waals surface area contributed by atoms with Crippen molar-refractivity contribution in [2.45, 2.75) is 45.6 Å². The largest absolute Gasteiger partial charge is 0.364 e. The minimum absolute atomic E-state index is 0.0129. The van der Waals surface area contributed by atoms with Gasteiger partial charge in [-0.1, -0.05) is 20.8 Å². The number of pyridine rings is 1. The van der Waals surface area contributed by atoms with Gasteiger partial charge < -0.3 is 10.2 Å². The summed E-state index contributed by atoms with van der Waals surface area (Å²) in [6.45, 7) is 9.45. The van der Waals surface area contributed by atoms with E-state index in [1.165, 1.54) is 18.4 Å². The monoisotopic (exact) mass is 350 g/mol. The smallest absolute Gasteiger partial charge is 0.152 e. The molecule has 6 nitrogen and oxygen atoms in total. The van der Waals surface area contributed by atoms with E-state index in [1.807, 2.05) is 16.9 Å². The predicted molar refractivity (Wildman–Crippen MR) is 105 cm³/mol. The average Bonchev–Trinajstić information content (AvgIpc) is 3.29. The predicted octanol–water partition coefficient (Wildman–Crippen LogP) is 3.63. The van der Waals surface area contributed by atoms with E-state index < -0.39 is 0 Å². The Hall–Kier alpha value is -2.63. The van der Waals surface area contributed by atoms with Crippen molar-refractivity contribution in [3.8, 4) is 0 Å².